The maximum atomic E-state index is 5.47. The molecule has 1 aromatic heterocycles. The molecule has 0 aliphatic carbocycles. The Morgan fingerprint density at radius 1 is 1.15 bits per heavy atom. The molecule has 2 rings (SSSR count). The first-order chi connectivity index (χ1) is 9.83. The second-order valence-electron chi connectivity index (χ2n) is 4.70. The Morgan fingerprint density at radius 3 is 2.55 bits per heavy atom. The third-order valence-electron chi connectivity index (χ3n) is 3.36. The van der Waals surface area contributed by atoms with Gasteiger partial charge in [-0.2, -0.15) is 0 Å². The number of pyridine rings is 1. The van der Waals surface area contributed by atoms with Gasteiger partial charge in [-0.3, -0.25) is 4.98 Å². The summed E-state index contributed by atoms with van der Waals surface area (Å²) < 4.78 is 5.47. The highest BCUT2D eigenvalue weighted by Crippen LogP contribution is 2.21. The summed E-state index contributed by atoms with van der Waals surface area (Å²) in [6.07, 6.45) is 3.85. The second-order valence-corrected chi connectivity index (χ2v) is 4.70. The van der Waals surface area contributed by atoms with Crippen molar-refractivity contribution in [3.63, 3.8) is 0 Å². The summed E-state index contributed by atoms with van der Waals surface area (Å²) >= 11 is 0. The van der Waals surface area contributed by atoms with Crippen LogP contribution in [0.25, 0.3) is 0 Å². The molecule has 0 saturated carbocycles. The van der Waals surface area contributed by atoms with Gasteiger partial charge >= 0.3 is 0 Å². The first kappa shape index (κ1) is 14.5. The third-order valence-corrected chi connectivity index (χ3v) is 3.36. The van der Waals surface area contributed by atoms with Gasteiger partial charge in [0.2, 0.25) is 0 Å². The fourth-order valence-electron chi connectivity index (χ4n) is 2.28. The average Bonchev–Trinajstić information content (AvgIpc) is 2.51. The Labute approximate surface area is 121 Å². The van der Waals surface area contributed by atoms with Gasteiger partial charge in [0, 0.05) is 17.9 Å². The van der Waals surface area contributed by atoms with E-state index in [1.807, 2.05) is 44.4 Å². The third kappa shape index (κ3) is 4.07. The number of nitrogens with zero attached hydrogens (tertiary/aromatic N) is 1. The van der Waals surface area contributed by atoms with E-state index in [4.69, 9.17) is 4.74 Å². The van der Waals surface area contributed by atoms with E-state index in [1.54, 1.807) is 0 Å². The molecule has 0 spiro atoms. The van der Waals surface area contributed by atoms with Crippen LogP contribution in [0.4, 0.5) is 0 Å². The molecule has 0 aliphatic rings. The van der Waals surface area contributed by atoms with E-state index in [0.717, 1.165) is 24.3 Å². The molecular weight excluding hydrogens is 248 g/mol. The van der Waals surface area contributed by atoms with Crippen LogP contribution in [0.2, 0.25) is 0 Å². The number of aryl methyl sites for hydroxylation is 1. The van der Waals surface area contributed by atoms with Crippen LogP contribution in [-0.4, -0.2) is 18.6 Å². The quantitative estimate of drug-likeness (QED) is 0.837. The van der Waals surface area contributed by atoms with Gasteiger partial charge in [0.1, 0.15) is 5.75 Å². The first-order valence-corrected chi connectivity index (χ1v) is 7.13. The highest BCUT2D eigenvalue weighted by Gasteiger charge is 2.09. The van der Waals surface area contributed by atoms with Gasteiger partial charge < -0.3 is 10.1 Å². The van der Waals surface area contributed by atoms with Gasteiger partial charge in [0.25, 0.3) is 0 Å². The van der Waals surface area contributed by atoms with Gasteiger partial charge in [-0.05, 0) is 56.6 Å². The minimum atomic E-state index is 0.340. The van der Waals surface area contributed by atoms with Crippen LogP contribution in [-0.2, 0) is 6.42 Å². The van der Waals surface area contributed by atoms with E-state index in [2.05, 4.69) is 28.5 Å². The molecule has 3 heteroatoms. The zero-order valence-electron chi connectivity index (χ0n) is 12.2. The highest BCUT2D eigenvalue weighted by molar-refractivity contribution is 5.29. The van der Waals surface area contributed by atoms with Gasteiger partial charge in [-0.1, -0.05) is 18.2 Å². The van der Waals surface area contributed by atoms with Gasteiger partial charge in [-0.25, -0.2) is 0 Å². The summed E-state index contributed by atoms with van der Waals surface area (Å²) in [5.74, 6) is 0.927. The number of nitrogens with one attached hydrogen (secondary N) is 1. The van der Waals surface area contributed by atoms with Crippen LogP contribution in [0.5, 0.6) is 5.75 Å². The number of hydrogen-bond acceptors (Lipinski definition) is 3. The summed E-state index contributed by atoms with van der Waals surface area (Å²) in [5.41, 5.74) is 2.42. The SMILES string of the molecule is CCOc1ccc(C(CCc2ccccn2)NC)cc1. The normalized spacial score (nSPS) is 12.1. The van der Waals surface area contributed by atoms with Crippen LogP contribution < -0.4 is 10.1 Å². The predicted molar refractivity (Wildman–Crippen MR) is 82.0 cm³/mol. The van der Waals surface area contributed by atoms with Gasteiger partial charge in [0.05, 0.1) is 6.61 Å². The Morgan fingerprint density at radius 2 is 1.95 bits per heavy atom. The highest BCUT2D eigenvalue weighted by atomic mass is 16.5. The number of rotatable bonds is 7. The number of benzene rings is 1. The van der Waals surface area contributed by atoms with Crippen molar-refractivity contribution in [3.05, 3.63) is 59.9 Å². The Hall–Kier alpha value is -1.87. The van der Waals surface area contributed by atoms with Crippen LogP contribution in [0.15, 0.2) is 48.7 Å². The Bertz CT molecular complexity index is 496. The lowest BCUT2D eigenvalue weighted by Crippen LogP contribution is -2.17. The maximum Gasteiger partial charge on any atom is 0.119 e. The van der Waals surface area contributed by atoms with E-state index in [9.17, 15) is 0 Å². The molecule has 0 aliphatic heterocycles. The molecule has 20 heavy (non-hydrogen) atoms. The van der Waals surface area contributed by atoms with Crippen molar-refractivity contribution in [1.82, 2.24) is 10.3 Å². The van der Waals surface area contributed by atoms with Gasteiger partial charge in [0.15, 0.2) is 0 Å². The van der Waals surface area contributed by atoms with Crippen molar-refractivity contribution in [1.29, 1.82) is 0 Å². The summed E-state index contributed by atoms with van der Waals surface area (Å²) in [5, 5.41) is 3.37. The number of hydrogen-bond donors (Lipinski definition) is 1. The fraction of sp³-hybridized carbons (Fsp3) is 0.353. The maximum absolute atomic E-state index is 5.47. The van der Waals surface area contributed by atoms with Crippen molar-refractivity contribution in [2.24, 2.45) is 0 Å². The number of ether oxygens (including phenoxy) is 1. The summed E-state index contributed by atoms with van der Waals surface area (Å²) in [6, 6.07) is 14.7. The van der Waals surface area contributed by atoms with Crippen LogP contribution in [0.3, 0.4) is 0 Å². The molecule has 2 aromatic rings. The average molecular weight is 270 g/mol. The van der Waals surface area contributed by atoms with E-state index in [1.165, 1.54) is 5.56 Å². The Kier molecular flexibility index (Phi) is 5.56. The zero-order chi connectivity index (χ0) is 14.2. The second kappa shape index (κ2) is 7.65. The van der Waals surface area contributed by atoms with Gasteiger partial charge in [-0.15, -0.1) is 0 Å². The molecule has 106 valence electrons. The largest absolute Gasteiger partial charge is 0.494 e. The molecule has 0 bridgehead atoms. The monoisotopic (exact) mass is 270 g/mol. The fourth-order valence-corrected chi connectivity index (χ4v) is 2.28. The molecule has 0 fully saturated rings. The predicted octanol–water partition coefficient (Wildman–Crippen LogP) is 3.37. The van der Waals surface area contributed by atoms with Crippen molar-refractivity contribution in [3.8, 4) is 5.75 Å². The molecule has 0 amide bonds. The van der Waals surface area contributed by atoms with E-state index < -0.39 is 0 Å². The standard InChI is InChI=1S/C17H22N2O/c1-3-20-16-10-7-14(8-11-16)17(18-2)12-9-15-6-4-5-13-19-15/h4-8,10-11,13,17-18H,3,9,12H2,1-2H3. The molecule has 3 nitrogen and oxygen atoms in total. The molecular formula is C17H22N2O. The topological polar surface area (TPSA) is 34.1 Å². The first-order valence-electron chi connectivity index (χ1n) is 7.13. The lowest BCUT2D eigenvalue weighted by atomic mass is 10.0. The molecule has 1 heterocycles. The Balaban J connectivity index is 1.97. The smallest absolute Gasteiger partial charge is 0.119 e. The number of aromatic nitrogens is 1. The minimum absolute atomic E-state index is 0.340. The van der Waals surface area contributed by atoms with E-state index in [0.29, 0.717) is 12.6 Å². The van der Waals surface area contributed by atoms with Crippen LogP contribution in [0.1, 0.15) is 30.6 Å². The summed E-state index contributed by atoms with van der Waals surface area (Å²) in [6.45, 7) is 2.70. The van der Waals surface area contributed by atoms with Crippen LogP contribution >= 0.6 is 0 Å². The zero-order valence-corrected chi connectivity index (χ0v) is 12.2. The van der Waals surface area contributed by atoms with Crippen molar-refractivity contribution in [2.75, 3.05) is 13.7 Å². The summed E-state index contributed by atoms with van der Waals surface area (Å²) in [4.78, 5) is 4.37. The molecule has 0 saturated heterocycles. The van der Waals surface area contributed by atoms with Crippen molar-refractivity contribution < 1.29 is 4.74 Å². The molecule has 1 N–H and O–H groups in total. The van der Waals surface area contributed by atoms with E-state index >= 15 is 0 Å². The van der Waals surface area contributed by atoms with Crippen LogP contribution in [0, 0.1) is 0 Å². The van der Waals surface area contributed by atoms with Crippen molar-refractivity contribution in [2.45, 2.75) is 25.8 Å². The lowest BCUT2D eigenvalue weighted by Gasteiger charge is -2.17. The molecule has 0 radical (unpaired) electrons. The lowest BCUT2D eigenvalue weighted by molar-refractivity contribution is 0.340. The summed E-state index contributed by atoms with van der Waals surface area (Å²) in [7, 11) is 2.00. The molecule has 1 aromatic carbocycles. The molecule has 1 atom stereocenters. The minimum Gasteiger partial charge on any atom is -0.494 e. The van der Waals surface area contributed by atoms with Crippen molar-refractivity contribution >= 4 is 0 Å². The molecule has 1 unspecified atom stereocenters. The van der Waals surface area contributed by atoms with E-state index in [-0.39, 0.29) is 0 Å².